The van der Waals surface area contributed by atoms with Crippen molar-refractivity contribution in [1.82, 2.24) is 4.90 Å². The first-order valence-electron chi connectivity index (χ1n) is 5.47. The monoisotopic (exact) mass is 167 g/mol. The third-order valence-electron chi connectivity index (χ3n) is 3.74. The zero-order chi connectivity index (χ0) is 8.72. The van der Waals surface area contributed by atoms with E-state index in [1.165, 1.54) is 25.7 Å². The van der Waals surface area contributed by atoms with Crippen LogP contribution in [0.4, 0.5) is 0 Å². The van der Waals surface area contributed by atoms with Gasteiger partial charge in [0.2, 0.25) is 0 Å². The number of piperidine rings is 1. The molecule has 2 aliphatic heterocycles. The number of hydrogen-bond acceptors (Lipinski definition) is 1. The first-order valence-corrected chi connectivity index (χ1v) is 5.47. The average Bonchev–Trinajstić information content (AvgIpc) is 2.20. The average molecular weight is 167 g/mol. The van der Waals surface area contributed by atoms with Crippen LogP contribution in [-0.4, -0.2) is 23.0 Å². The van der Waals surface area contributed by atoms with Crippen LogP contribution in [0.2, 0.25) is 0 Å². The fraction of sp³-hybridized carbons (Fsp3) is 1.00. The van der Waals surface area contributed by atoms with Crippen LogP contribution >= 0.6 is 0 Å². The Kier molecular flexibility index (Phi) is 2.16. The van der Waals surface area contributed by atoms with E-state index in [9.17, 15) is 0 Å². The van der Waals surface area contributed by atoms with Crippen LogP contribution in [0.5, 0.6) is 0 Å². The molecule has 1 heteroatoms. The van der Waals surface area contributed by atoms with Gasteiger partial charge in [0, 0.05) is 18.1 Å². The van der Waals surface area contributed by atoms with Gasteiger partial charge in [0.05, 0.1) is 0 Å². The lowest BCUT2D eigenvalue weighted by atomic mass is 9.98. The summed E-state index contributed by atoms with van der Waals surface area (Å²) < 4.78 is 0. The lowest BCUT2D eigenvalue weighted by Gasteiger charge is -2.38. The van der Waals surface area contributed by atoms with Crippen LogP contribution in [0.15, 0.2) is 0 Å². The molecular weight excluding hydrogens is 146 g/mol. The highest BCUT2D eigenvalue weighted by molar-refractivity contribution is 4.96. The molecule has 3 atom stereocenters. The van der Waals surface area contributed by atoms with Crippen molar-refractivity contribution in [2.75, 3.05) is 0 Å². The summed E-state index contributed by atoms with van der Waals surface area (Å²) in [5, 5.41) is 0. The predicted octanol–water partition coefficient (Wildman–Crippen LogP) is 2.66. The van der Waals surface area contributed by atoms with Crippen LogP contribution in [0, 0.1) is 5.92 Å². The predicted molar refractivity (Wildman–Crippen MR) is 52.2 cm³/mol. The number of rotatable bonds is 1. The summed E-state index contributed by atoms with van der Waals surface area (Å²) in [5.41, 5.74) is 0. The molecule has 2 saturated heterocycles. The lowest BCUT2D eigenvalue weighted by Crippen LogP contribution is -2.45. The Labute approximate surface area is 76.1 Å². The minimum absolute atomic E-state index is 0.769. The molecule has 12 heavy (non-hydrogen) atoms. The Bertz CT molecular complexity index is 164. The smallest absolute Gasteiger partial charge is 0.0127 e. The van der Waals surface area contributed by atoms with Crippen molar-refractivity contribution in [3.05, 3.63) is 0 Å². The Hall–Kier alpha value is -0.0400. The summed E-state index contributed by atoms with van der Waals surface area (Å²) in [7, 11) is 0. The molecule has 0 N–H and O–H groups in total. The van der Waals surface area contributed by atoms with Crippen LogP contribution in [0.25, 0.3) is 0 Å². The summed E-state index contributed by atoms with van der Waals surface area (Å²) in [5.74, 6) is 0.958. The van der Waals surface area contributed by atoms with Gasteiger partial charge in [-0.1, -0.05) is 13.3 Å². The molecule has 1 nitrogen and oxygen atoms in total. The highest BCUT2D eigenvalue weighted by Gasteiger charge is 2.41. The molecular formula is C11H21N. The summed E-state index contributed by atoms with van der Waals surface area (Å²) in [6, 6.07) is 2.62. The second-order valence-corrected chi connectivity index (χ2v) is 4.91. The van der Waals surface area contributed by atoms with Crippen molar-refractivity contribution in [2.45, 2.75) is 64.6 Å². The zero-order valence-electron chi connectivity index (χ0n) is 8.59. The van der Waals surface area contributed by atoms with E-state index in [0.717, 1.165) is 24.0 Å². The summed E-state index contributed by atoms with van der Waals surface area (Å²) in [4.78, 5) is 2.77. The molecule has 0 radical (unpaired) electrons. The first kappa shape index (κ1) is 8.55. The van der Waals surface area contributed by atoms with Gasteiger partial charge in [0.1, 0.15) is 0 Å². The zero-order valence-corrected chi connectivity index (χ0v) is 8.59. The number of fused-ring (bicyclic) bond motifs is 2. The highest BCUT2D eigenvalue weighted by Crippen LogP contribution is 2.40. The van der Waals surface area contributed by atoms with Gasteiger partial charge in [-0.15, -0.1) is 0 Å². The van der Waals surface area contributed by atoms with E-state index >= 15 is 0 Å². The van der Waals surface area contributed by atoms with Crippen LogP contribution in [0.1, 0.15) is 46.5 Å². The van der Waals surface area contributed by atoms with Crippen LogP contribution in [-0.2, 0) is 0 Å². The third-order valence-corrected chi connectivity index (χ3v) is 3.74. The fourth-order valence-electron chi connectivity index (χ4n) is 3.34. The van der Waals surface area contributed by atoms with Crippen LogP contribution in [0.3, 0.4) is 0 Å². The van der Waals surface area contributed by atoms with Gasteiger partial charge in [-0.05, 0) is 39.0 Å². The molecule has 70 valence electrons. The van der Waals surface area contributed by atoms with Crippen molar-refractivity contribution in [2.24, 2.45) is 5.92 Å². The molecule has 0 aromatic heterocycles. The van der Waals surface area contributed by atoms with E-state index < -0.39 is 0 Å². The summed E-state index contributed by atoms with van der Waals surface area (Å²) in [6.45, 7) is 7.14. The normalized spacial score (nSPS) is 42.5. The van der Waals surface area contributed by atoms with E-state index in [4.69, 9.17) is 0 Å². The number of hydrogen-bond donors (Lipinski definition) is 0. The fourth-order valence-corrected chi connectivity index (χ4v) is 3.34. The minimum Gasteiger partial charge on any atom is -0.295 e. The molecule has 0 saturated carbocycles. The minimum atomic E-state index is 0.769. The van der Waals surface area contributed by atoms with E-state index in [0.29, 0.717) is 0 Å². The molecule has 0 spiro atoms. The molecule has 0 amide bonds. The van der Waals surface area contributed by atoms with Crippen molar-refractivity contribution >= 4 is 0 Å². The molecule has 2 rings (SSSR count). The van der Waals surface area contributed by atoms with Gasteiger partial charge in [0.25, 0.3) is 0 Å². The third kappa shape index (κ3) is 1.19. The SMILES string of the molecule is CC(C)N1[C@@H]2CCC[C@H]1[C@@H](C)C2. The van der Waals surface area contributed by atoms with E-state index in [1.807, 2.05) is 0 Å². The lowest BCUT2D eigenvalue weighted by molar-refractivity contribution is 0.0955. The summed E-state index contributed by atoms with van der Waals surface area (Å²) in [6.07, 6.45) is 5.85. The Balaban J connectivity index is 2.14. The standard InChI is InChI=1S/C11H21N/c1-8(2)12-10-5-4-6-11(12)9(3)7-10/h8-11H,4-7H2,1-3H3/t9-,10+,11-/m0/s1. The molecule has 0 aromatic rings. The Morgan fingerprint density at radius 3 is 2.50 bits per heavy atom. The summed E-state index contributed by atoms with van der Waals surface area (Å²) >= 11 is 0. The second kappa shape index (κ2) is 3.02. The van der Waals surface area contributed by atoms with Crippen molar-refractivity contribution in [1.29, 1.82) is 0 Å². The number of nitrogens with zero attached hydrogens (tertiary/aromatic N) is 1. The molecule has 2 heterocycles. The van der Waals surface area contributed by atoms with Gasteiger partial charge >= 0.3 is 0 Å². The molecule has 0 aliphatic carbocycles. The van der Waals surface area contributed by atoms with Crippen LogP contribution < -0.4 is 0 Å². The van der Waals surface area contributed by atoms with Gasteiger partial charge in [0.15, 0.2) is 0 Å². The van der Waals surface area contributed by atoms with E-state index in [2.05, 4.69) is 25.7 Å². The maximum Gasteiger partial charge on any atom is 0.0127 e. The molecule has 2 fully saturated rings. The molecule has 0 aromatic carbocycles. The topological polar surface area (TPSA) is 3.24 Å². The van der Waals surface area contributed by atoms with Crippen molar-refractivity contribution in [3.63, 3.8) is 0 Å². The maximum atomic E-state index is 2.77. The Morgan fingerprint density at radius 1 is 1.25 bits per heavy atom. The largest absolute Gasteiger partial charge is 0.295 e. The van der Waals surface area contributed by atoms with Gasteiger partial charge in [-0.2, -0.15) is 0 Å². The van der Waals surface area contributed by atoms with E-state index in [-0.39, 0.29) is 0 Å². The van der Waals surface area contributed by atoms with Crippen molar-refractivity contribution in [3.8, 4) is 0 Å². The van der Waals surface area contributed by atoms with Gasteiger partial charge in [-0.25, -0.2) is 0 Å². The Morgan fingerprint density at radius 2 is 2.00 bits per heavy atom. The molecule has 2 bridgehead atoms. The van der Waals surface area contributed by atoms with E-state index in [1.54, 1.807) is 0 Å². The maximum absolute atomic E-state index is 2.77. The highest BCUT2D eigenvalue weighted by atomic mass is 15.2. The van der Waals surface area contributed by atoms with Crippen molar-refractivity contribution < 1.29 is 0 Å². The first-order chi connectivity index (χ1) is 5.70. The van der Waals surface area contributed by atoms with Gasteiger partial charge in [-0.3, -0.25) is 4.90 Å². The second-order valence-electron chi connectivity index (χ2n) is 4.91. The quantitative estimate of drug-likeness (QED) is 0.580. The van der Waals surface area contributed by atoms with Gasteiger partial charge < -0.3 is 0 Å². The molecule has 2 aliphatic rings. The molecule has 0 unspecified atom stereocenters.